The molecule has 0 radical (unpaired) electrons. The fourth-order valence-corrected chi connectivity index (χ4v) is 1.73. The number of nitrogens with one attached hydrogen (secondary N) is 1. The second-order valence-corrected chi connectivity index (χ2v) is 4.18. The van der Waals surface area contributed by atoms with Crippen LogP contribution in [0.25, 0.3) is 0 Å². The van der Waals surface area contributed by atoms with Gasteiger partial charge in [0.25, 0.3) is 0 Å². The minimum Gasteiger partial charge on any atom is -0.380 e. The minimum absolute atomic E-state index is 0.125. The van der Waals surface area contributed by atoms with Gasteiger partial charge in [0, 0.05) is 32.0 Å². The highest BCUT2D eigenvalue weighted by Gasteiger charge is 2.11. The molecule has 5 nitrogen and oxygen atoms in total. The molecule has 1 atom stereocenters. The number of nitrogens with zero attached hydrogens (tertiary/aromatic N) is 2. The van der Waals surface area contributed by atoms with Gasteiger partial charge in [-0.15, -0.1) is 0 Å². The summed E-state index contributed by atoms with van der Waals surface area (Å²) in [5.74, 6) is 6.59. The molecule has 1 heterocycles. The van der Waals surface area contributed by atoms with Crippen LogP contribution in [0.3, 0.4) is 0 Å². The van der Waals surface area contributed by atoms with E-state index in [9.17, 15) is 0 Å². The molecule has 0 aliphatic carbocycles. The smallest absolute Gasteiger partial charge is 0.110 e. The standard InChI is InChI=1S/C12H24N4O/c1-3-6-16-7-5-14-12(16)9-11(15-13)10-17-8-4-2/h5,7,11,15H,3-4,6,8-10,13H2,1-2H3. The number of hydrogen-bond acceptors (Lipinski definition) is 4. The minimum atomic E-state index is 0.125. The monoisotopic (exact) mass is 240 g/mol. The molecule has 0 aromatic carbocycles. The summed E-state index contributed by atoms with van der Waals surface area (Å²) < 4.78 is 7.68. The van der Waals surface area contributed by atoms with Crippen molar-refractivity contribution in [1.29, 1.82) is 0 Å². The van der Waals surface area contributed by atoms with E-state index in [1.807, 2.05) is 12.4 Å². The van der Waals surface area contributed by atoms with Crippen LogP contribution in [0.4, 0.5) is 0 Å². The first-order valence-corrected chi connectivity index (χ1v) is 6.35. The highest BCUT2D eigenvalue weighted by atomic mass is 16.5. The van der Waals surface area contributed by atoms with E-state index < -0.39 is 0 Å². The summed E-state index contributed by atoms with van der Waals surface area (Å²) in [6.45, 7) is 6.67. The molecule has 1 aromatic rings. The maximum absolute atomic E-state index is 5.53. The number of aryl methyl sites for hydroxylation is 1. The fraction of sp³-hybridized carbons (Fsp3) is 0.750. The topological polar surface area (TPSA) is 65.1 Å². The lowest BCUT2D eigenvalue weighted by atomic mass is 10.2. The average molecular weight is 240 g/mol. The molecular weight excluding hydrogens is 216 g/mol. The zero-order chi connectivity index (χ0) is 12.5. The molecule has 1 rings (SSSR count). The SMILES string of the molecule is CCCOCC(Cc1nccn1CCC)NN. The Labute approximate surface area is 103 Å². The number of ether oxygens (including phenoxy) is 1. The number of nitrogens with two attached hydrogens (primary N) is 1. The third-order valence-electron chi connectivity index (χ3n) is 2.60. The number of imidazole rings is 1. The lowest BCUT2D eigenvalue weighted by molar-refractivity contribution is 0.111. The van der Waals surface area contributed by atoms with Crippen molar-refractivity contribution < 1.29 is 4.74 Å². The van der Waals surface area contributed by atoms with Gasteiger partial charge in [-0.3, -0.25) is 11.3 Å². The van der Waals surface area contributed by atoms with E-state index in [-0.39, 0.29) is 6.04 Å². The van der Waals surface area contributed by atoms with E-state index >= 15 is 0 Å². The third kappa shape index (κ3) is 4.85. The van der Waals surface area contributed by atoms with Gasteiger partial charge >= 0.3 is 0 Å². The van der Waals surface area contributed by atoms with Crippen LogP contribution in [0.5, 0.6) is 0 Å². The van der Waals surface area contributed by atoms with Crippen molar-refractivity contribution in [3.63, 3.8) is 0 Å². The van der Waals surface area contributed by atoms with Crippen LogP contribution in [0, 0.1) is 0 Å². The molecule has 3 N–H and O–H groups in total. The summed E-state index contributed by atoms with van der Waals surface area (Å²) in [6, 6.07) is 0.125. The van der Waals surface area contributed by atoms with Crippen molar-refractivity contribution >= 4 is 0 Å². The molecule has 0 saturated heterocycles. The molecule has 0 spiro atoms. The Kier molecular flexibility index (Phi) is 6.84. The van der Waals surface area contributed by atoms with Crippen LogP contribution in [0.2, 0.25) is 0 Å². The molecule has 0 aliphatic heterocycles. The van der Waals surface area contributed by atoms with E-state index in [0.717, 1.165) is 38.2 Å². The number of hydrazine groups is 1. The molecule has 0 amide bonds. The molecule has 98 valence electrons. The average Bonchev–Trinajstić information content (AvgIpc) is 2.76. The lowest BCUT2D eigenvalue weighted by Crippen LogP contribution is -2.41. The molecule has 1 unspecified atom stereocenters. The van der Waals surface area contributed by atoms with Crippen LogP contribution in [-0.4, -0.2) is 28.8 Å². The molecular formula is C12H24N4O. The highest BCUT2D eigenvalue weighted by molar-refractivity contribution is 4.95. The Bertz CT molecular complexity index is 300. The van der Waals surface area contributed by atoms with Gasteiger partial charge in [0.1, 0.15) is 5.82 Å². The summed E-state index contributed by atoms with van der Waals surface area (Å²) in [6.07, 6.45) is 6.79. The predicted molar refractivity (Wildman–Crippen MR) is 68.4 cm³/mol. The molecule has 0 aliphatic rings. The van der Waals surface area contributed by atoms with Crippen molar-refractivity contribution in [3.05, 3.63) is 18.2 Å². The zero-order valence-corrected chi connectivity index (χ0v) is 10.9. The van der Waals surface area contributed by atoms with Gasteiger partial charge in [-0.1, -0.05) is 13.8 Å². The van der Waals surface area contributed by atoms with E-state index in [1.54, 1.807) is 0 Å². The van der Waals surface area contributed by atoms with Crippen LogP contribution in [-0.2, 0) is 17.7 Å². The Morgan fingerprint density at radius 1 is 1.47 bits per heavy atom. The van der Waals surface area contributed by atoms with Crippen LogP contribution in [0.15, 0.2) is 12.4 Å². The number of rotatable bonds is 9. The van der Waals surface area contributed by atoms with Crippen LogP contribution < -0.4 is 11.3 Å². The first kappa shape index (κ1) is 14.2. The van der Waals surface area contributed by atoms with Crippen molar-refractivity contribution in [3.8, 4) is 0 Å². The van der Waals surface area contributed by atoms with E-state index in [1.165, 1.54) is 0 Å². The largest absolute Gasteiger partial charge is 0.380 e. The zero-order valence-electron chi connectivity index (χ0n) is 10.9. The van der Waals surface area contributed by atoms with Gasteiger partial charge < -0.3 is 9.30 Å². The van der Waals surface area contributed by atoms with Gasteiger partial charge in [-0.05, 0) is 12.8 Å². The summed E-state index contributed by atoms with van der Waals surface area (Å²) >= 11 is 0. The van der Waals surface area contributed by atoms with Crippen molar-refractivity contribution in [1.82, 2.24) is 15.0 Å². The lowest BCUT2D eigenvalue weighted by Gasteiger charge is -2.16. The first-order chi connectivity index (χ1) is 8.31. The molecule has 1 aromatic heterocycles. The highest BCUT2D eigenvalue weighted by Crippen LogP contribution is 2.03. The molecule has 0 fully saturated rings. The van der Waals surface area contributed by atoms with Gasteiger partial charge in [-0.2, -0.15) is 0 Å². The Balaban J connectivity index is 2.45. The maximum atomic E-state index is 5.53. The Hall–Kier alpha value is -0.910. The molecule has 0 bridgehead atoms. The molecule has 17 heavy (non-hydrogen) atoms. The molecule has 5 heteroatoms. The van der Waals surface area contributed by atoms with E-state index in [2.05, 4.69) is 28.8 Å². The summed E-state index contributed by atoms with van der Waals surface area (Å²) in [5, 5.41) is 0. The first-order valence-electron chi connectivity index (χ1n) is 6.35. The van der Waals surface area contributed by atoms with Gasteiger partial charge in [0.15, 0.2) is 0 Å². The summed E-state index contributed by atoms with van der Waals surface area (Å²) in [5.41, 5.74) is 2.79. The predicted octanol–water partition coefficient (Wildman–Crippen LogP) is 1.09. The second-order valence-electron chi connectivity index (χ2n) is 4.18. The van der Waals surface area contributed by atoms with E-state index in [4.69, 9.17) is 10.6 Å². The fourth-order valence-electron chi connectivity index (χ4n) is 1.73. The van der Waals surface area contributed by atoms with Crippen LogP contribution in [0.1, 0.15) is 32.5 Å². The van der Waals surface area contributed by atoms with Gasteiger partial charge in [0.05, 0.1) is 12.6 Å². The van der Waals surface area contributed by atoms with Crippen molar-refractivity contribution in [2.45, 2.75) is 45.7 Å². The van der Waals surface area contributed by atoms with E-state index in [0.29, 0.717) is 6.61 Å². The van der Waals surface area contributed by atoms with Gasteiger partial charge in [0.2, 0.25) is 0 Å². The van der Waals surface area contributed by atoms with Crippen molar-refractivity contribution in [2.75, 3.05) is 13.2 Å². The normalized spacial score (nSPS) is 12.9. The van der Waals surface area contributed by atoms with Crippen molar-refractivity contribution in [2.24, 2.45) is 5.84 Å². The van der Waals surface area contributed by atoms with Gasteiger partial charge in [-0.25, -0.2) is 4.98 Å². The number of hydrogen-bond donors (Lipinski definition) is 2. The summed E-state index contributed by atoms with van der Waals surface area (Å²) in [7, 11) is 0. The maximum Gasteiger partial charge on any atom is 0.110 e. The number of aromatic nitrogens is 2. The Morgan fingerprint density at radius 3 is 2.94 bits per heavy atom. The molecule has 0 saturated carbocycles. The summed E-state index contributed by atoms with van der Waals surface area (Å²) in [4.78, 5) is 4.36. The third-order valence-corrected chi connectivity index (χ3v) is 2.60. The quantitative estimate of drug-likeness (QED) is 0.385. The second kappa shape index (κ2) is 8.22. The Morgan fingerprint density at radius 2 is 2.29 bits per heavy atom. The van der Waals surface area contributed by atoms with Crippen LogP contribution >= 0.6 is 0 Å².